The van der Waals surface area contributed by atoms with Gasteiger partial charge in [0.15, 0.2) is 24.8 Å². The van der Waals surface area contributed by atoms with E-state index in [4.69, 9.17) is 43.1 Å². The third-order valence-electron chi connectivity index (χ3n) is 21.4. The summed E-state index contributed by atoms with van der Waals surface area (Å²) in [6.07, 6.45) is 2.51. The highest BCUT2D eigenvalue weighted by Crippen LogP contribution is 2.43. The SMILES string of the molecule is CC(=O)Nc1nc2ccc(S(=O)(=O)NC(C)=O)cc2s1.CCOc1ccc(CS(=O)(=O)c2ccc(C)c(C(N)=O)c2)cc1.COc1nnc(-c2ccc(C)c(S(=O)(=O)CCC3CCCO3)c2)c2ccccc12.Cc1c(Br)cc(NS(=O)(=O)c2cccc([N+](=O)[O-])c2)c2ccccc12.O=S(=O)(Nc1cc(Cl)c(O)c2ccccc12)c1cccs1.O=[N+]([O-])c1cccc(S(=O)(=O)Nc2cc(Cl)c(O)c3ccccc23)c1. The Morgan fingerprint density at radius 2 is 1.07 bits per heavy atom. The van der Waals surface area contributed by atoms with E-state index in [1.165, 1.54) is 91.9 Å². The summed E-state index contributed by atoms with van der Waals surface area (Å²) in [6.45, 7) is 11.1. The summed E-state index contributed by atoms with van der Waals surface area (Å²) in [4.78, 5) is 57.7. The molecule has 3 aromatic heterocycles. The number of nitrogens with one attached hydrogen (secondary N) is 5. The van der Waals surface area contributed by atoms with Crippen LogP contribution < -0.4 is 39.4 Å². The van der Waals surface area contributed by atoms with Gasteiger partial charge in [0.1, 0.15) is 27.2 Å². The summed E-state index contributed by atoms with van der Waals surface area (Å²) >= 11 is 17.6. The first-order chi connectivity index (χ1) is 67.7. The standard InChI is InChI=1S/C22H24N2O4S.C17H13BrN2O4S.C17H19NO4S.C16H11ClN2O5S.C14H10ClNO3S2.C11H11N3O4S2/c1-15-9-10-16(14-20(15)29(25,26)13-11-17-6-5-12-28-17)21-18-7-3-4-8-19(18)22(27-2)24-23-21;1-11-14-7-2-3-8-15(14)17(10-16(11)18)19-25(23,24)13-6-4-5-12(9-13)20(21)22;1-3-22-14-7-5-13(6-8-14)11-23(20,21)15-9-4-12(2)16(10-15)17(18)19;17-14-9-15(12-6-1-2-7-13(12)16(14)20)18-25(23,24)11-5-3-4-10(8-11)19(21)22;15-11-8-12(9-4-1-2-5-10(9)14(11)17)16-21(18,19)13-6-3-7-20-13;1-6(15)12-11-13-9-4-3-8(5-10(9)19-11)20(17,18)14-7(2)16/h3-4,7-10,14,17H,5-6,11-13H2,1-2H3;2-10,19H,1H3;4-10H,3,11H2,1-2H3,(H2,18,19);1-9,18,20H;1-8,16-17H;3-5H,1-2H3,(H,14,16)(H,12,13,15). The van der Waals surface area contributed by atoms with Crippen molar-refractivity contribution in [1.29, 1.82) is 0 Å². The molecule has 1 fully saturated rings. The van der Waals surface area contributed by atoms with E-state index in [1.807, 2.05) is 86.2 Å². The number of aryl methyl sites for hydroxylation is 3. The van der Waals surface area contributed by atoms with Crippen molar-refractivity contribution in [3.05, 3.63) is 323 Å². The first-order valence-electron chi connectivity index (χ1n) is 42.6. The highest BCUT2D eigenvalue weighted by molar-refractivity contribution is 9.10. The maximum Gasteiger partial charge on any atom is 0.271 e. The van der Waals surface area contributed by atoms with Crippen LogP contribution in [0.15, 0.2) is 293 Å². The zero-order valence-electron chi connectivity index (χ0n) is 76.4. The van der Waals surface area contributed by atoms with E-state index in [0.717, 1.165) is 104 Å². The van der Waals surface area contributed by atoms with E-state index in [1.54, 1.807) is 116 Å². The number of nitrogens with two attached hydrogens (primary N) is 1. The molecule has 9 N–H and O–H groups in total. The fraction of sp³-hybridized carbons (Fsp3) is 0.155. The molecule has 143 heavy (non-hydrogen) atoms. The van der Waals surface area contributed by atoms with Crippen LogP contribution in [-0.4, -0.2) is 136 Å². The second-order valence-electron chi connectivity index (χ2n) is 31.4. The van der Waals surface area contributed by atoms with E-state index in [-0.39, 0.29) is 91.5 Å². The molecular weight excluding hydrogens is 2110 g/mol. The number of nitro benzene ring substituents is 2. The predicted octanol–water partition coefficient (Wildman–Crippen LogP) is 20.1. The number of aromatic hydroxyl groups is 2. The number of primary amides is 1. The third kappa shape index (κ3) is 27.1. The van der Waals surface area contributed by atoms with Gasteiger partial charge >= 0.3 is 0 Å². The number of hydrogen-bond donors (Lipinski definition) is 8. The molecule has 13 aromatic carbocycles. The molecule has 35 nitrogen and oxygen atoms in total. The third-order valence-corrected chi connectivity index (χ3v) is 34.2. The highest BCUT2D eigenvalue weighted by atomic mass is 79.9. The number of carbonyl (C=O) groups is 3. The van der Waals surface area contributed by atoms with Gasteiger partial charge in [0.25, 0.3) is 51.5 Å². The van der Waals surface area contributed by atoms with Crippen molar-refractivity contribution in [2.24, 2.45) is 5.73 Å². The average Bonchev–Trinajstić information content (AvgIpc) is 1.20. The van der Waals surface area contributed by atoms with Crippen LogP contribution in [0.25, 0.3) is 64.6 Å². The quantitative estimate of drug-likeness (QED) is 0.0142. The van der Waals surface area contributed by atoms with Crippen LogP contribution in [0.4, 0.5) is 33.6 Å². The number of phenolic OH excluding ortho intramolecular Hbond substituents is 2. The molecule has 1 saturated heterocycles. The van der Waals surface area contributed by atoms with Gasteiger partial charge in [0.2, 0.25) is 23.6 Å². The first kappa shape index (κ1) is 108. The minimum atomic E-state index is -4.09. The minimum absolute atomic E-state index is 0.0181. The van der Waals surface area contributed by atoms with Gasteiger partial charge < -0.3 is 35.5 Å². The number of thiophene rings is 1. The highest BCUT2D eigenvalue weighted by Gasteiger charge is 2.29. The Morgan fingerprint density at radius 3 is 1.59 bits per heavy atom. The molecule has 3 amide bonds. The normalized spacial score (nSPS) is 12.5. The first-order valence-corrected chi connectivity index (χ1v) is 55.1. The number of fused-ring (bicyclic) bond motifs is 5. The topological polar surface area (TPSA) is 535 Å². The summed E-state index contributed by atoms with van der Waals surface area (Å²) < 4.78 is 177. The van der Waals surface area contributed by atoms with Crippen molar-refractivity contribution in [3.8, 4) is 34.4 Å². The van der Waals surface area contributed by atoms with Crippen LogP contribution >= 0.6 is 61.8 Å². The molecule has 0 aliphatic carbocycles. The molecule has 4 heterocycles. The summed E-state index contributed by atoms with van der Waals surface area (Å²) in [5.41, 5.74) is 10.7. The summed E-state index contributed by atoms with van der Waals surface area (Å²) in [7, 11) is -21.0. The molecule has 1 aliphatic rings. The summed E-state index contributed by atoms with van der Waals surface area (Å²) in [5.74, 6) is -0.704. The number of aromatic nitrogens is 3. The Morgan fingerprint density at radius 1 is 0.552 bits per heavy atom. The van der Waals surface area contributed by atoms with Crippen LogP contribution in [-0.2, 0) is 79.8 Å². The number of benzene rings is 13. The van der Waals surface area contributed by atoms with E-state index >= 15 is 0 Å². The van der Waals surface area contributed by atoms with Crippen LogP contribution in [0.3, 0.4) is 0 Å². The molecule has 744 valence electrons. The lowest BCUT2D eigenvalue weighted by atomic mass is 10.0. The van der Waals surface area contributed by atoms with E-state index in [9.17, 15) is 95.3 Å². The number of carbonyl (C=O) groups excluding carboxylic acids is 3. The lowest BCUT2D eigenvalue weighted by Crippen LogP contribution is -2.28. The number of methoxy groups -OCH3 is 1. The number of halogens is 3. The van der Waals surface area contributed by atoms with Crippen LogP contribution in [0, 0.1) is 41.0 Å². The minimum Gasteiger partial charge on any atom is -0.506 e. The van der Waals surface area contributed by atoms with Gasteiger partial charge in [-0.05, 0) is 171 Å². The Hall–Kier alpha value is -13.9. The van der Waals surface area contributed by atoms with Gasteiger partial charge in [-0.1, -0.05) is 190 Å². The van der Waals surface area contributed by atoms with Gasteiger partial charge in [-0.15, -0.1) is 21.5 Å². The van der Waals surface area contributed by atoms with Crippen molar-refractivity contribution in [3.63, 3.8) is 0 Å². The number of amides is 3. The number of non-ortho nitro benzene ring substituents is 2. The maximum atomic E-state index is 13.0. The monoisotopic (exact) mass is 2200 g/mol. The number of sulfone groups is 2. The number of nitrogens with zero attached hydrogens (tertiary/aromatic N) is 5. The fourth-order valence-corrected chi connectivity index (χ4v) is 24.7. The molecule has 17 rings (SSSR count). The van der Waals surface area contributed by atoms with E-state index < -0.39 is 81.4 Å². The van der Waals surface area contributed by atoms with Gasteiger partial charge in [0, 0.05) is 98.0 Å². The van der Waals surface area contributed by atoms with Crippen molar-refractivity contribution < 1.29 is 99.2 Å². The van der Waals surface area contributed by atoms with Crippen LogP contribution in [0.2, 0.25) is 10.0 Å². The number of sulfonamides is 4. The molecule has 0 radical (unpaired) electrons. The molecule has 0 saturated carbocycles. The van der Waals surface area contributed by atoms with Gasteiger partial charge in [0.05, 0.1) is 103 Å². The van der Waals surface area contributed by atoms with E-state index in [0.29, 0.717) is 94.6 Å². The lowest BCUT2D eigenvalue weighted by Gasteiger charge is -2.13. The summed E-state index contributed by atoms with van der Waals surface area (Å²) in [6, 6.07) is 66.8. The van der Waals surface area contributed by atoms with Crippen molar-refractivity contribution in [2.75, 3.05) is 45.6 Å². The van der Waals surface area contributed by atoms with Crippen molar-refractivity contribution in [1.82, 2.24) is 19.9 Å². The Kier molecular flexibility index (Phi) is 35.0. The molecule has 1 unspecified atom stereocenters. The second kappa shape index (κ2) is 46.4. The van der Waals surface area contributed by atoms with Gasteiger partial charge in [-0.2, -0.15) is 0 Å². The number of rotatable bonds is 26. The van der Waals surface area contributed by atoms with Gasteiger partial charge in [-0.25, -0.2) is 60.2 Å². The Bertz CT molecular complexity index is 8170. The molecule has 16 aromatic rings. The Balaban J connectivity index is 0.000000154. The maximum absolute atomic E-state index is 13.0. The lowest BCUT2D eigenvalue weighted by molar-refractivity contribution is -0.385. The second-order valence-corrected chi connectivity index (χ2v) is 46.1. The zero-order chi connectivity index (χ0) is 104. The predicted molar refractivity (Wildman–Crippen MR) is 556 cm³/mol. The van der Waals surface area contributed by atoms with Crippen LogP contribution in [0.1, 0.15) is 72.6 Å². The molecule has 0 bridgehead atoms. The van der Waals surface area contributed by atoms with Crippen molar-refractivity contribution in [2.45, 2.75) is 101 Å². The molecule has 46 heteroatoms. The average molecular weight is 2200 g/mol. The van der Waals surface area contributed by atoms with Crippen molar-refractivity contribution >= 4 is 226 Å². The largest absolute Gasteiger partial charge is 0.506 e. The molecular formula is C97H88BrCl2N11O24S8. The number of nitro groups is 2. The number of phenols is 2. The number of hydrogen-bond acceptors (Lipinski definition) is 29. The van der Waals surface area contributed by atoms with Crippen LogP contribution in [0.5, 0.6) is 23.1 Å². The number of anilines is 4. The van der Waals surface area contributed by atoms with Gasteiger partial charge in [-0.3, -0.25) is 48.8 Å². The summed E-state index contributed by atoms with van der Waals surface area (Å²) in [5, 5.41) is 60.1. The van der Waals surface area contributed by atoms with E-state index in [2.05, 4.69) is 50.6 Å². The molecule has 1 aliphatic heterocycles. The zero-order valence-corrected chi connectivity index (χ0v) is 86.1. The smallest absolute Gasteiger partial charge is 0.271 e. The molecule has 0 spiro atoms. The number of ether oxygens (including phenoxy) is 3. The molecule has 1 atom stereocenters. The fourth-order valence-electron chi connectivity index (χ4n) is 14.5. The Labute approximate surface area is 847 Å². The number of thiazole rings is 1.